The van der Waals surface area contributed by atoms with Gasteiger partial charge in [0.2, 0.25) is 0 Å². The number of nitrogens with one attached hydrogen (secondary N) is 1. The van der Waals surface area contributed by atoms with Crippen molar-refractivity contribution in [1.82, 2.24) is 10.2 Å². The second-order valence-electron chi connectivity index (χ2n) is 5.03. The van der Waals surface area contributed by atoms with Gasteiger partial charge < -0.3 is 10.2 Å². The first kappa shape index (κ1) is 15.1. The van der Waals surface area contributed by atoms with Gasteiger partial charge in [0.1, 0.15) is 5.82 Å². The summed E-state index contributed by atoms with van der Waals surface area (Å²) in [6.07, 6.45) is 1.15. The number of rotatable bonds is 7. The van der Waals surface area contributed by atoms with E-state index in [0.29, 0.717) is 5.92 Å². The summed E-state index contributed by atoms with van der Waals surface area (Å²) in [5.41, 5.74) is 0.761. The fraction of sp³-hybridized carbons (Fsp3) is 0.600. The first-order valence-electron chi connectivity index (χ1n) is 6.70. The van der Waals surface area contributed by atoms with Gasteiger partial charge in [0.05, 0.1) is 0 Å². The molecule has 1 rings (SSSR count). The van der Waals surface area contributed by atoms with Gasteiger partial charge in [0.15, 0.2) is 0 Å². The van der Waals surface area contributed by atoms with Crippen LogP contribution in [0.1, 0.15) is 31.9 Å². The zero-order valence-electron chi connectivity index (χ0n) is 11.9. The van der Waals surface area contributed by atoms with E-state index in [4.69, 9.17) is 0 Å². The van der Waals surface area contributed by atoms with E-state index in [1.807, 2.05) is 19.2 Å². The minimum atomic E-state index is -0.123. The molecular weight excluding hydrogens is 227 g/mol. The highest BCUT2D eigenvalue weighted by molar-refractivity contribution is 5.21. The molecule has 0 saturated heterocycles. The third-order valence-electron chi connectivity index (χ3n) is 3.33. The number of halogens is 1. The lowest BCUT2D eigenvalue weighted by atomic mass is 9.93. The third kappa shape index (κ3) is 4.07. The van der Waals surface area contributed by atoms with Gasteiger partial charge >= 0.3 is 0 Å². The Kier molecular flexibility index (Phi) is 6.30. The van der Waals surface area contributed by atoms with Gasteiger partial charge in [-0.2, -0.15) is 0 Å². The maximum absolute atomic E-state index is 13.8. The summed E-state index contributed by atoms with van der Waals surface area (Å²) in [5.74, 6) is 0.241. The van der Waals surface area contributed by atoms with Gasteiger partial charge in [-0.1, -0.05) is 32.0 Å². The first-order chi connectivity index (χ1) is 8.60. The molecule has 2 atom stereocenters. The lowest BCUT2D eigenvalue weighted by Gasteiger charge is -2.28. The maximum Gasteiger partial charge on any atom is 0.127 e. The van der Waals surface area contributed by atoms with E-state index in [9.17, 15) is 4.39 Å². The van der Waals surface area contributed by atoms with Crippen LogP contribution in [0.15, 0.2) is 24.3 Å². The molecule has 0 aromatic heterocycles. The van der Waals surface area contributed by atoms with E-state index in [-0.39, 0.29) is 11.9 Å². The largest absolute Gasteiger partial charge is 0.313 e. The predicted octanol–water partition coefficient (Wildman–Crippen LogP) is 3.06. The molecule has 0 saturated carbocycles. The molecule has 1 aromatic carbocycles. The summed E-state index contributed by atoms with van der Waals surface area (Å²) in [7, 11) is 4.02. The zero-order valence-corrected chi connectivity index (χ0v) is 11.9. The van der Waals surface area contributed by atoms with Crippen molar-refractivity contribution in [1.29, 1.82) is 0 Å². The molecule has 1 N–H and O–H groups in total. The summed E-state index contributed by atoms with van der Waals surface area (Å²) in [5, 5.41) is 3.24. The second kappa shape index (κ2) is 7.49. The van der Waals surface area contributed by atoms with Crippen LogP contribution >= 0.6 is 0 Å². The molecule has 0 aliphatic rings. The van der Waals surface area contributed by atoms with Gasteiger partial charge in [0.25, 0.3) is 0 Å². The van der Waals surface area contributed by atoms with E-state index in [2.05, 4.69) is 31.1 Å². The average molecular weight is 252 g/mol. The molecule has 0 spiro atoms. The molecule has 0 aliphatic heterocycles. The molecule has 0 fully saturated rings. The Hall–Kier alpha value is -0.930. The molecule has 102 valence electrons. The Labute approximate surface area is 110 Å². The van der Waals surface area contributed by atoms with Crippen LogP contribution in [0.3, 0.4) is 0 Å². The van der Waals surface area contributed by atoms with Crippen molar-refractivity contribution < 1.29 is 4.39 Å². The lowest BCUT2D eigenvalue weighted by Crippen LogP contribution is -2.33. The topological polar surface area (TPSA) is 15.3 Å². The number of nitrogens with zero attached hydrogens (tertiary/aromatic N) is 1. The summed E-state index contributed by atoms with van der Waals surface area (Å²) in [6, 6.07) is 7.09. The third-order valence-corrected chi connectivity index (χ3v) is 3.33. The van der Waals surface area contributed by atoms with Crippen molar-refractivity contribution in [3.8, 4) is 0 Å². The molecule has 1 aromatic rings. The van der Waals surface area contributed by atoms with Crippen molar-refractivity contribution in [2.24, 2.45) is 5.92 Å². The van der Waals surface area contributed by atoms with E-state index in [0.717, 1.165) is 25.1 Å². The van der Waals surface area contributed by atoms with Gasteiger partial charge in [-0.05, 0) is 39.0 Å². The monoisotopic (exact) mass is 252 g/mol. The highest BCUT2D eigenvalue weighted by atomic mass is 19.1. The van der Waals surface area contributed by atoms with Crippen molar-refractivity contribution in [3.63, 3.8) is 0 Å². The Morgan fingerprint density at radius 3 is 2.56 bits per heavy atom. The number of benzene rings is 1. The molecule has 0 radical (unpaired) electrons. The summed E-state index contributed by atoms with van der Waals surface area (Å²) < 4.78 is 13.8. The molecule has 2 nitrogen and oxygen atoms in total. The quantitative estimate of drug-likeness (QED) is 0.802. The SMILES string of the molecule is CCCN(C)CC(C)C(NC)c1ccccc1F. The van der Waals surface area contributed by atoms with E-state index in [1.165, 1.54) is 6.07 Å². The lowest BCUT2D eigenvalue weighted by molar-refractivity contribution is 0.250. The van der Waals surface area contributed by atoms with Gasteiger partial charge in [-0.15, -0.1) is 0 Å². The number of hydrogen-bond donors (Lipinski definition) is 1. The normalized spacial score (nSPS) is 14.8. The zero-order chi connectivity index (χ0) is 13.5. The van der Waals surface area contributed by atoms with Crippen LogP contribution in [0.4, 0.5) is 4.39 Å². The molecule has 0 bridgehead atoms. The first-order valence-corrected chi connectivity index (χ1v) is 6.70. The highest BCUT2D eigenvalue weighted by Crippen LogP contribution is 2.24. The van der Waals surface area contributed by atoms with Crippen LogP contribution in [0.2, 0.25) is 0 Å². The summed E-state index contributed by atoms with van der Waals surface area (Å²) in [4.78, 5) is 2.30. The minimum absolute atomic E-state index is 0.0607. The second-order valence-corrected chi connectivity index (χ2v) is 5.03. The molecule has 18 heavy (non-hydrogen) atoms. The average Bonchev–Trinajstić information content (AvgIpc) is 2.32. The van der Waals surface area contributed by atoms with E-state index >= 15 is 0 Å². The smallest absolute Gasteiger partial charge is 0.127 e. The van der Waals surface area contributed by atoms with Crippen LogP contribution in [-0.2, 0) is 0 Å². The maximum atomic E-state index is 13.8. The molecule has 2 unspecified atom stereocenters. The standard InChI is InChI=1S/C15H25FN2/c1-5-10-18(4)11-12(2)15(17-3)13-8-6-7-9-14(13)16/h6-9,12,15,17H,5,10-11H2,1-4H3. The van der Waals surface area contributed by atoms with Crippen LogP contribution in [0.25, 0.3) is 0 Å². The Morgan fingerprint density at radius 1 is 1.33 bits per heavy atom. The molecule has 0 amide bonds. The molecule has 3 heteroatoms. The fourth-order valence-electron chi connectivity index (χ4n) is 2.54. The Balaban J connectivity index is 2.74. The minimum Gasteiger partial charge on any atom is -0.313 e. The van der Waals surface area contributed by atoms with Crippen molar-refractivity contribution in [2.45, 2.75) is 26.3 Å². The summed E-state index contributed by atoms with van der Waals surface area (Å²) in [6.45, 7) is 6.39. The van der Waals surface area contributed by atoms with Crippen molar-refractivity contribution in [3.05, 3.63) is 35.6 Å². The van der Waals surface area contributed by atoms with Crippen LogP contribution in [0.5, 0.6) is 0 Å². The van der Waals surface area contributed by atoms with Gasteiger partial charge in [-0.25, -0.2) is 4.39 Å². The van der Waals surface area contributed by atoms with E-state index < -0.39 is 0 Å². The van der Waals surface area contributed by atoms with Crippen LogP contribution in [0, 0.1) is 11.7 Å². The van der Waals surface area contributed by atoms with Gasteiger partial charge in [0, 0.05) is 18.2 Å². The fourth-order valence-corrected chi connectivity index (χ4v) is 2.54. The van der Waals surface area contributed by atoms with Crippen LogP contribution in [-0.4, -0.2) is 32.1 Å². The molecule has 0 heterocycles. The van der Waals surface area contributed by atoms with Crippen LogP contribution < -0.4 is 5.32 Å². The Morgan fingerprint density at radius 2 is 2.00 bits per heavy atom. The highest BCUT2D eigenvalue weighted by Gasteiger charge is 2.21. The number of hydrogen-bond acceptors (Lipinski definition) is 2. The predicted molar refractivity (Wildman–Crippen MR) is 75.2 cm³/mol. The summed E-state index contributed by atoms with van der Waals surface area (Å²) >= 11 is 0. The Bertz CT molecular complexity index is 354. The van der Waals surface area contributed by atoms with Gasteiger partial charge in [-0.3, -0.25) is 0 Å². The van der Waals surface area contributed by atoms with Crippen molar-refractivity contribution >= 4 is 0 Å². The van der Waals surface area contributed by atoms with Crippen molar-refractivity contribution in [2.75, 3.05) is 27.2 Å². The van der Waals surface area contributed by atoms with E-state index in [1.54, 1.807) is 6.07 Å². The molecular formula is C15H25FN2. The molecule has 0 aliphatic carbocycles.